The van der Waals surface area contributed by atoms with Crippen molar-refractivity contribution in [3.63, 3.8) is 0 Å². The minimum Gasteiger partial charge on any atom is -0.345 e. The maximum Gasteiger partial charge on any atom is 0.254 e. The van der Waals surface area contributed by atoms with Crippen LogP contribution in [0.1, 0.15) is 44.6 Å². The van der Waals surface area contributed by atoms with Gasteiger partial charge in [0.2, 0.25) is 0 Å². The molecule has 3 heterocycles. The topological polar surface area (TPSA) is 92.5 Å². The summed E-state index contributed by atoms with van der Waals surface area (Å²) in [5.41, 5.74) is 3.41. The van der Waals surface area contributed by atoms with Crippen molar-refractivity contribution in [1.82, 2.24) is 25.1 Å². The average Bonchev–Trinajstić information content (AvgIpc) is 3.80. The smallest absolute Gasteiger partial charge is 0.254 e. The third kappa shape index (κ3) is 6.31. The molecule has 0 spiro atoms. The zero-order chi connectivity index (χ0) is 30.6. The van der Waals surface area contributed by atoms with E-state index < -0.39 is 17.5 Å². The van der Waals surface area contributed by atoms with E-state index in [0.717, 1.165) is 33.5 Å². The van der Waals surface area contributed by atoms with Crippen molar-refractivity contribution < 1.29 is 18.4 Å². The van der Waals surface area contributed by atoms with Crippen molar-refractivity contribution in [2.24, 2.45) is 5.10 Å². The highest BCUT2D eigenvalue weighted by Gasteiger charge is 2.33. The first-order chi connectivity index (χ1) is 21.4. The van der Waals surface area contributed by atoms with Gasteiger partial charge in [-0.05, 0) is 60.3 Å². The molecule has 1 N–H and O–H groups in total. The van der Waals surface area contributed by atoms with Gasteiger partial charge in [-0.3, -0.25) is 14.2 Å². The van der Waals surface area contributed by atoms with Crippen molar-refractivity contribution in [2.45, 2.75) is 31.1 Å². The van der Waals surface area contributed by atoms with Crippen LogP contribution in [0.3, 0.4) is 0 Å². The predicted molar refractivity (Wildman–Crippen MR) is 166 cm³/mol. The Morgan fingerprint density at radius 1 is 0.977 bits per heavy atom. The lowest BCUT2D eigenvalue weighted by Gasteiger charge is -2.22. The Labute approximate surface area is 260 Å². The van der Waals surface area contributed by atoms with E-state index in [0.29, 0.717) is 23.1 Å². The summed E-state index contributed by atoms with van der Waals surface area (Å²) < 4.78 is 29.5. The van der Waals surface area contributed by atoms with Crippen molar-refractivity contribution >= 4 is 40.6 Å². The molecule has 8 nitrogen and oxygen atoms in total. The first kappa shape index (κ1) is 29.4. The Bertz CT molecular complexity index is 1820. The van der Waals surface area contributed by atoms with Crippen LogP contribution in [0.25, 0.3) is 5.69 Å². The number of hydrogen-bond acceptors (Lipinski definition) is 7. The third-order valence-corrected chi connectivity index (χ3v) is 8.90. The van der Waals surface area contributed by atoms with E-state index in [2.05, 4.69) is 15.5 Å². The molecule has 1 atom stereocenters. The number of aromatic nitrogens is 3. The van der Waals surface area contributed by atoms with E-state index in [-0.39, 0.29) is 29.8 Å². The molecule has 2 amide bonds. The molecule has 1 aliphatic rings. The number of thioether (sulfide) groups is 1. The summed E-state index contributed by atoms with van der Waals surface area (Å²) >= 11 is 2.74. The second-order valence-electron chi connectivity index (χ2n) is 10.1. The van der Waals surface area contributed by atoms with Crippen molar-refractivity contribution in [3.8, 4) is 5.69 Å². The number of halogens is 2. The molecule has 3 aromatic carbocycles. The molecule has 0 fully saturated rings. The first-order valence-electron chi connectivity index (χ1n) is 13.7. The molecular weight excluding hydrogens is 603 g/mol. The largest absolute Gasteiger partial charge is 0.345 e. The van der Waals surface area contributed by atoms with Gasteiger partial charge in [0, 0.05) is 12.1 Å². The van der Waals surface area contributed by atoms with Crippen LogP contribution in [-0.2, 0) is 11.3 Å². The number of thiophene rings is 1. The minimum atomic E-state index is -0.643. The molecule has 0 unspecified atom stereocenters. The third-order valence-electron chi connectivity index (χ3n) is 7.07. The molecular formula is C32H26F2N6O2S2. The molecule has 0 radical (unpaired) electrons. The number of rotatable bonds is 9. The summed E-state index contributed by atoms with van der Waals surface area (Å²) in [6.07, 6.45) is 0.595. The van der Waals surface area contributed by atoms with Gasteiger partial charge >= 0.3 is 0 Å². The summed E-state index contributed by atoms with van der Waals surface area (Å²) in [7, 11) is 0. The number of aryl methyl sites for hydroxylation is 1. The van der Waals surface area contributed by atoms with Crippen molar-refractivity contribution in [2.75, 3.05) is 5.75 Å². The second-order valence-corrected chi connectivity index (χ2v) is 11.9. The fourth-order valence-electron chi connectivity index (χ4n) is 4.83. The van der Waals surface area contributed by atoms with Gasteiger partial charge in [-0.15, -0.1) is 21.5 Å². The van der Waals surface area contributed by atoms with Gasteiger partial charge in [-0.25, -0.2) is 13.8 Å². The van der Waals surface area contributed by atoms with E-state index in [1.54, 1.807) is 39.1 Å². The number of amides is 2. The monoisotopic (exact) mass is 628 g/mol. The van der Waals surface area contributed by atoms with Crippen LogP contribution in [0.5, 0.6) is 0 Å². The second kappa shape index (κ2) is 12.9. The van der Waals surface area contributed by atoms with Crippen LogP contribution >= 0.6 is 23.1 Å². The van der Waals surface area contributed by atoms with Gasteiger partial charge in [0.25, 0.3) is 11.8 Å². The maximum atomic E-state index is 14.1. The van der Waals surface area contributed by atoms with Crippen LogP contribution in [0.4, 0.5) is 8.78 Å². The SMILES string of the molecule is Cc1ccc([C@@H]2CC(c3cccs3)=NN2C(=O)CSc2nnc(CNC(=O)c3ccccc3F)n2-c2ccc(F)cc2)cc1. The zero-order valence-electron chi connectivity index (χ0n) is 23.5. The zero-order valence-corrected chi connectivity index (χ0v) is 25.1. The van der Waals surface area contributed by atoms with Crippen LogP contribution < -0.4 is 5.32 Å². The van der Waals surface area contributed by atoms with Gasteiger partial charge in [0.05, 0.1) is 34.5 Å². The minimum absolute atomic E-state index is 0.00446. The standard InChI is InChI=1S/C32H26F2N6O2S2/c1-20-8-10-21(11-9-20)27-17-26(28-7-4-16-43-28)38-40(27)30(41)19-44-32-37-36-29(39(32)23-14-12-22(33)13-15-23)18-35-31(42)24-5-2-3-6-25(24)34/h2-16,27H,17-19H2,1H3,(H,35,42)/t27-/m0/s1. The van der Waals surface area contributed by atoms with Gasteiger partial charge in [0.15, 0.2) is 11.0 Å². The lowest BCUT2D eigenvalue weighted by molar-refractivity contribution is -0.130. The lowest BCUT2D eigenvalue weighted by atomic mass is 10.00. The van der Waals surface area contributed by atoms with Crippen LogP contribution in [-0.4, -0.2) is 43.1 Å². The number of nitrogens with zero attached hydrogens (tertiary/aromatic N) is 5. The summed E-state index contributed by atoms with van der Waals surface area (Å²) in [5, 5.41) is 19.8. The Hall–Kier alpha value is -4.68. The molecule has 222 valence electrons. The number of hydrogen-bond donors (Lipinski definition) is 1. The number of benzene rings is 3. The summed E-state index contributed by atoms with van der Waals surface area (Å²) in [6.45, 7) is 1.94. The van der Waals surface area contributed by atoms with Crippen LogP contribution in [0, 0.1) is 18.6 Å². The number of carbonyl (C=O) groups excluding carboxylic acids is 2. The molecule has 2 aromatic heterocycles. The van der Waals surface area contributed by atoms with Gasteiger partial charge in [-0.1, -0.05) is 59.8 Å². The maximum absolute atomic E-state index is 14.1. The van der Waals surface area contributed by atoms with Crippen molar-refractivity contribution in [1.29, 1.82) is 0 Å². The molecule has 1 aliphatic heterocycles. The number of nitrogens with one attached hydrogen (secondary N) is 1. The normalized spacial score (nSPS) is 14.5. The van der Waals surface area contributed by atoms with E-state index >= 15 is 0 Å². The summed E-state index contributed by atoms with van der Waals surface area (Å²) in [5.74, 6) is -1.56. The lowest BCUT2D eigenvalue weighted by Crippen LogP contribution is -2.28. The van der Waals surface area contributed by atoms with Crippen LogP contribution in [0.2, 0.25) is 0 Å². The highest BCUT2D eigenvalue weighted by molar-refractivity contribution is 7.99. The Balaban J connectivity index is 1.24. The van der Waals surface area contributed by atoms with E-state index in [1.807, 2.05) is 48.7 Å². The average molecular weight is 629 g/mol. The Morgan fingerprint density at radius 3 is 2.48 bits per heavy atom. The van der Waals surface area contributed by atoms with Gasteiger partial charge in [-0.2, -0.15) is 5.10 Å². The fraction of sp³-hybridized carbons (Fsp3) is 0.156. The highest BCUT2D eigenvalue weighted by atomic mass is 32.2. The van der Waals surface area contributed by atoms with E-state index in [1.165, 1.54) is 30.3 Å². The Morgan fingerprint density at radius 2 is 1.75 bits per heavy atom. The Kier molecular flexibility index (Phi) is 8.62. The van der Waals surface area contributed by atoms with Gasteiger partial charge in [0.1, 0.15) is 11.6 Å². The molecule has 5 aromatic rings. The van der Waals surface area contributed by atoms with E-state index in [4.69, 9.17) is 5.10 Å². The van der Waals surface area contributed by atoms with Gasteiger partial charge < -0.3 is 5.32 Å². The molecule has 0 saturated heterocycles. The molecule has 0 bridgehead atoms. The fourth-order valence-corrected chi connectivity index (χ4v) is 6.37. The highest BCUT2D eigenvalue weighted by Crippen LogP contribution is 2.35. The quantitative estimate of drug-likeness (QED) is 0.193. The number of hydrazone groups is 1. The first-order valence-corrected chi connectivity index (χ1v) is 15.6. The molecule has 6 rings (SSSR count). The molecule has 44 heavy (non-hydrogen) atoms. The summed E-state index contributed by atoms with van der Waals surface area (Å²) in [4.78, 5) is 27.4. The predicted octanol–water partition coefficient (Wildman–Crippen LogP) is 6.32. The molecule has 0 aliphatic carbocycles. The number of carbonyl (C=O) groups is 2. The van der Waals surface area contributed by atoms with Crippen molar-refractivity contribution in [3.05, 3.63) is 129 Å². The molecule has 12 heteroatoms. The summed E-state index contributed by atoms with van der Waals surface area (Å²) in [6, 6.07) is 23.2. The molecule has 0 saturated carbocycles. The van der Waals surface area contributed by atoms with Crippen LogP contribution in [0.15, 0.2) is 101 Å². The van der Waals surface area contributed by atoms with E-state index in [9.17, 15) is 18.4 Å².